The molecular formula is C68H38N4S2. The lowest BCUT2D eigenvalue weighted by atomic mass is 9.86. The van der Waals surface area contributed by atoms with Crippen molar-refractivity contribution in [2.24, 2.45) is 0 Å². The van der Waals surface area contributed by atoms with Gasteiger partial charge in [-0.2, -0.15) is 5.26 Å². The third-order valence-electron chi connectivity index (χ3n) is 14.9. The first-order valence-electron chi connectivity index (χ1n) is 24.7. The van der Waals surface area contributed by atoms with Gasteiger partial charge in [-0.3, -0.25) is 0 Å². The van der Waals surface area contributed by atoms with Crippen molar-refractivity contribution in [1.82, 2.24) is 9.13 Å². The molecule has 4 nitrogen and oxygen atoms in total. The summed E-state index contributed by atoms with van der Waals surface area (Å²) in [5, 5.41) is 21.5. The second-order valence-corrected chi connectivity index (χ2v) is 21.0. The summed E-state index contributed by atoms with van der Waals surface area (Å²) in [5.41, 5.74) is 13.6. The van der Waals surface area contributed by atoms with Crippen molar-refractivity contribution < 1.29 is 0 Å². The molecule has 0 aliphatic rings. The molecule has 0 N–H and O–H groups in total. The Bertz CT molecular complexity index is 4670. The van der Waals surface area contributed by atoms with Crippen LogP contribution in [0.5, 0.6) is 0 Å². The van der Waals surface area contributed by atoms with Crippen LogP contribution in [0.15, 0.2) is 231 Å². The van der Waals surface area contributed by atoms with E-state index in [1.807, 2.05) is 30.3 Å². The zero-order chi connectivity index (χ0) is 49.0. The highest BCUT2D eigenvalue weighted by Crippen LogP contribution is 2.55. The normalized spacial score (nSPS) is 11.8. The third kappa shape index (κ3) is 6.11. The number of thiophene rings is 2. The monoisotopic (exact) mass is 974 g/mol. The Balaban J connectivity index is 1.27. The lowest BCUT2D eigenvalue weighted by Gasteiger charge is -2.26. The maximum Gasteiger partial charge on any atom is 0.220 e. The van der Waals surface area contributed by atoms with Crippen LogP contribution in [0.4, 0.5) is 5.69 Å². The molecule has 4 aromatic heterocycles. The largest absolute Gasteiger partial charge is 0.318 e. The van der Waals surface area contributed by atoms with Crippen LogP contribution in [0.3, 0.4) is 0 Å². The van der Waals surface area contributed by atoms with Gasteiger partial charge in [-0.05, 0) is 75.8 Å². The number of fused-ring (bicyclic) bond motifs is 14. The van der Waals surface area contributed by atoms with Gasteiger partial charge in [-0.1, -0.05) is 188 Å². The van der Waals surface area contributed by atoms with Crippen molar-refractivity contribution >= 4 is 112 Å². The molecule has 0 bridgehead atoms. The zero-order valence-electron chi connectivity index (χ0n) is 39.5. The Morgan fingerprint density at radius 3 is 1.27 bits per heavy atom. The van der Waals surface area contributed by atoms with Crippen molar-refractivity contribution in [3.63, 3.8) is 0 Å². The fourth-order valence-corrected chi connectivity index (χ4v) is 14.3. The van der Waals surface area contributed by atoms with E-state index in [0.717, 1.165) is 114 Å². The molecule has 0 radical (unpaired) electrons. The van der Waals surface area contributed by atoms with Gasteiger partial charge < -0.3 is 9.13 Å². The van der Waals surface area contributed by atoms with Gasteiger partial charge in [0.1, 0.15) is 6.07 Å². The van der Waals surface area contributed by atoms with Gasteiger partial charge in [-0.15, -0.1) is 22.7 Å². The van der Waals surface area contributed by atoms with Crippen molar-refractivity contribution in [3.8, 4) is 62.0 Å². The third-order valence-corrected chi connectivity index (χ3v) is 17.3. The number of nitriles is 1. The molecular weight excluding hydrogens is 937 g/mol. The van der Waals surface area contributed by atoms with Crippen molar-refractivity contribution in [1.29, 1.82) is 5.26 Å². The number of hydrogen-bond donors (Lipinski definition) is 0. The van der Waals surface area contributed by atoms with Gasteiger partial charge in [0.05, 0.1) is 55.0 Å². The standard InChI is InChI=1S/C68H38N4S2/c1-70-62-60(43-23-9-4-10-24-43)55(40-69)63(72-64-51(33-35-53-49-27-13-17-31-58(49)73-67(53)64)52-34-36-54-50-28-14-18-32-59(50)74-68(54)65(52)72)61(66(62)71-56-29-15-11-25-47(56)48-26-12-16-30-57(48)71)46-38-44(41-19-5-2-6-20-41)37-45(39-46)42-21-7-3-8-22-42/h2-39H. The van der Waals surface area contributed by atoms with Gasteiger partial charge in [0.25, 0.3) is 0 Å². The van der Waals surface area contributed by atoms with Crippen molar-refractivity contribution in [3.05, 3.63) is 248 Å². The Morgan fingerprint density at radius 1 is 0.365 bits per heavy atom. The molecule has 0 aliphatic carbocycles. The molecule has 0 amide bonds. The zero-order valence-corrected chi connectivity index (χ0v) is 41.2. The first kappa shape index (κ1) is 42.2. The highest BCUT2D eigenvalue weighted by atomic mass is 32.1. The van der Waals surface area contributed by atoms with E-state index in [0.29, 0.717) is 16.8 Å². The van der Waals surface area contributed by atoms with Crippen LogP contribution in [-0.2, 0) is 0 Å². The highest BCUT2D eigenvalue weighted by molar-refractivity contribution is 7.27. The molecule has 15 rings (SSSR count). The minimum absolute atomic E-state index is 0.407. The summed E-state index contributed by atoms with van der Waals surface area (Å²) in [6.07, 6.45) is 0. The predicted molar refractivity (Wildman–Crippen MR) is 314 cm³/mol. The molecule has 0 spiro atoms. The molecule has 15 aromatic rings. The molecule has 74 heavy (non-hydrogen) atoms. The fourth-order valence-electron chi connectivity index (χ4n) is 11.8. The van der Waals surface area contributed by atoms with Gasteiger partial charge in [0, 0.05) is 63.6 Å². The van der Waals surface area contributed by atoms with E-state index in [2.05, 4.69) is 220 Å². The summed E-state index contributed by atoms with van der Waals surface area (Å²) >= 11 is 3.60. The Hall–Kier alpha value is -9.56. The van der Waals surface area contributed by atoms with Gasteiger partial charge in [0.15, 0.2) is 0 Å². The van der Waals surface area contributed by atoms with E-state index in [-0.39, 0.29) is 0 Å². The molecule has 0 aliphatic heterocycles. The van der Waals surface area contributed by atoms with Gasteiger partial charge in [0.2, 0.25) is 5.69 Å². The number of para-hydroxylation sites is 2. The molecule has 0 unspecified atom stereocenters. The van der Waals surface area contributed by atoms with Crippen LogP contribution in [0.2, 0.25) is 0 Å². The smallest absolute Gasteiger partial charge is 0.220 e. The van der Waals surface area contributed by atoms with Crippen LogP contribution in [0.1, 0.15) is 5.56 Å². The molecule has 342 valence electrons. The predicted octanol–water partition coefficient (Wildman–Crippen LogP) is 19.7. The van der Waals surface area contributed by atoms with Crippen LogP contribution >= 0.6 is 22.7 Å². The highest BCUT2D eigenvalue weighted by Gasteiger charge is 2.33. The Morgan fingerprint density at radius 2 is 0.784 bits per heavy atom. The van der Waals surface area contributed by atoms with Crippen LogP contribution < -0.4 is 0 Å². The van der Waals surface area contributed by atoms with Gasteiger partial charge in [-0.25, -0.2) is 4.85 Å². The Kier molecular flexibility index (Phi) is 9.40. The minimum atomic E-state index is 0.407. The summed E-state index contributed by atoms with van der Waals surface area (Å²) < 4.78 is 9.45. The van der Waals surface area contributed by atoms with E-state index >= 15 is 0 Å². The molecule has 0 atom stereocenters. The van der Waals surface area contributed by atoms with Crippen molar-refractivity contribution in [2.75, 3.05) is 0 Å². The lowest BCUT2D eigenvalue weighted by Crippen LogP contribution is -2.09. The van der Waals surface area contributed by atoms with E-state index in [1.54, 1.807) is 22.7 Å². The molecule has 6 heteroatoms. The molecule has 4 heterocycles. The number of aromatic nitrogens is 2. The lowest BCUT2D eigenvalue weighted by molar-refractivity contribution is 1.14. The second kappa shape index (κ2) is 16.5. The first-order chi connectivity index (χ1) is 36.7. The molecule has 0 fully saturated rings. The topological polar surface area (TPSA) is 38.0 Å². The van der Waals surface area contributed by atoms with E-state index in [9.17, 15) is 11.8 Å². The summed E-state index contributed by atoms with van der Waals surface area (Å²) in [4.78, 5) is 4.65. The molecule has 11 aromatic carbocycles. The number of benzene rings is 11. The quantitative estimate of drug-likeness (QED) is 0.153. The summed E-state index contributed by atoms with van der Waals surface area (Å²) in [7, 11) is 0. The minimum Gasteiger partial charge on any atom is -0.318 e. The maximum atomic E-state index is 12.4. The van der Waals surface area contributed by atoms with Crippen LogP contribution in [0.25, 0.3) is 145 Å². The number of rotatable bonds is 6. The van der Waals surface area contributed by atoms with Crippen LogP contribution in [-0.4, -0.2) is 9.13 Å². The fraction of sp³-hybridized carbons (Fsp3) is 0. The molecule has 0 saturated heterocycles. The van der Waals surface area contributed by atoms with Gasteiger partial charge >= 0.3 is 0 Å². The van der Waals surface area contributed by atoms with E-state index in [4.69, 9.17) is 0 Å². The number of nitrogens with zero attached hydrogens (tertiary/aromatic N) is 4. The van der Waals surface area contributed by atoms with E-state index in [1.165, 1.54) is 20.2 Å². The summed E-state index contributed by atoms with van der Waals surface area (Å²) in [6, 6.07) is 84.6. The average Bonchev–Trinajstić information content (AvgIpc) is 4.23. The Labute approximate surface area is 433 Å². The number of hydrogen-bond acceptors (Lipinski definition) is 3. The summed E-state index contributed by atoms with van der Waals surface area (Å²) in [6.45, 7) is 9.52. The average molecular weight is 975 g/mol. The first-order valence-corrected chi connectivity index (χ1v) is 26.3. The molecule has 0 saturated carbocycles. The second-order valence-electron chi connectivity index (χ2n) is 18.9. The summed E-state index contributed by atoms with van der Waals surface area (Å²) in [5.74, 6) is 0. The van der Waals surface area contributed by atoms with E-state index < -0.39 is 0 Å². The SMILES string of the molecule is [C-]#[N+]c1c(-c2ccccc2)c(C#N)c(-n2c3c(ccc4c5ccccc5sc43)c3ccc4c5ccccc5sc4c32)c(-c2cc(-c3ccccc3)cc(-c3ccccc3)c2)c1-n1c2ccccc2c2ccccc21. The van der Waals surface area contributed by atoms with Crippen LogP contribution in [0, 0.1) is 17.9 Å². The van der Waals surface area contributed by atoms with Crippen molar-refractivity contribution in [2.45, 2.75) is 0 Å². The maximum absolute atomic E-state index is 12.4.